The Hall–Kier alpha value is -3.31. The fourth-order valence-corrected chi connectivity index (χ4v) is 5.10. The van der Waals surface area contributed by atoms with E-state index in [0.29, 0.717) is 64.9 Å². The SMILES string of the molecule is CNC[C@@H](O)COc1ccc(Cl)c(-c2nc(/C(NC)=C(\Cl)C=N)c(C)c(N3Cc4cnc(C5CC5)nc4C3)n2)c1. The number of hydrogen-bond donors (Lipinski definition) is 4. The van der Waals surface area contributed by atoms with E-state index in [9.17, 15) is 5.11 Å². The monoisotopic (exact) mass is 582 g/mol. The number of rotatable bonds is 11. The van der Waals surface area contributed by atoms with Crippen LogP contribution in [0.2, 0.25) is 5.02 Å². The van der Waals surface area contributed by atoms with Crippen molar-refractivity contribution in [3.05, 3.63) is 62.8 Å². The van der Waals surface area contributed by atoms with Gasteiger partial charge in [0.05, 0.1) is 33.7 Å². The number of fused-ring (bicyclic) bond motifs is 1. The Morgan fingerprint density at radius 3 is 2.75 bits per heavy atom. The standard InChI is InChI=1S/C28H32Cl2N8O2/c1-15-24(25(33-3)22(30)9-31)36-27(20-8-19(6-7-21(20)29)40-14-18(39)11-32-2)37-28(15)38-12-17-10-34-26(16-4-5-16)35-23(17)13-38/h6-10,16,18,31-33,39H,4-5,11-14H2,1-3H3/b25-22+,31-9?/t18-/m1/s1. The predicted octanol–water partition coefficient (Wildman–Crippen LogP) is 4.03. The predicted molar refractivity (Wildman–Crippen MR) is 157 cm³/mol. The van der Waals surface area contributed by atoms with Gasteiger partial charge in [0, 0.05) is 55.2 Å². The number of benzene rings is 1. The van der Waals surface area contributed by atoms with Crippen molar-refractivity contribution in [3.63, 3.8) is 0 Å². The highest BCUT2D eigenvalue weighted by Crippen LogP contribution is 2.40. The second-order valence-corrected chi connectivity index (χ2v) is 10.8. The Bertz CT molecular complexity index is 1460. The van der Waals surface area contributed by atoms with Crippen molar-refractivity contribution >= 4 is 40.9 Å². The Morgan fingerprint density at radius 2 is 2.05 bits per heavy atom. The highest BCUT2D eigenvalue weighted by Gasteiger charge is 2.31. The lowest BCUT2D eigenvalue weighted by Crippen LogP contribution is -2.29. The van der Waals surface area contributed by atoms with E-state index in [4.69, 9.17) is 48.3 Å². The molecule has 1 aliphatic heterocycles. The summed E-state index contributed by atoms with van der Waals surface area (Å²) < 4.78 is 5.82. The lowest BCUT2D eigenvalue weighted by atomic mass is 10.1. The third kappa shape index (κ3) is 5.90. The molecule has 1 fully saturated rings. The second-order valence-electron chi connectivity index (χ2n) is 9.96. The van der Waals surface area contributed by atoms with E-state index >= 15 is 0 Å². The van der Waals surface area contributed by atoms with E-state index in [-0.39, 0.29) is 11.6 Å². The molecule has 0 amide bonds. The van der Waals surface area contributed by atoms with Gasteiger partial charge in [-0.05, 0) is 45.0 Å². The van der Waals surface area contributed by atoms with Crippen molar-refractivity contribution in [3.8, 4) is 17.1 Å². The molecule has 3 heterocycles. The molecule has 2 aliphatic rings. The smallest absolute Gasteiger partial charge is 0.163 e. The van der Waals surface area contributed by atoms with Crippen LogP contribution in [-0.2, 0) is 13.1 Å². The maximum atomic E-state index is 10.1. The summed E-state index contributed by atoms with van der Waals surface area (Å²) >= 11 is 13.1. The number of halogens is 2. The van der Waals surface area contributed by atoms with Crippen LogP contribution in [0.3, 0.4) is 0 Å². The minimum atomic E-state index is -0.662. The number of aromatic nitrogens is 4. The zero-order chi connectivity index (χ0) is 28.4. The summed E-state index contributed by atoms with van der Waals surface area (Å²) in [6.45, 7) is 3.66. The zero-order valence-corrected chi connectivity index (χ0v) is 24.1. The number of aliphatic hydroxyl groups excluding tert-OH is 1. The van der Waals surface area contributed by atoms with Crippen LogP contribution in [-0.4, -0.2) is 64.6 Å². The summed E-state index contributed by atoms with van der Waals surface area (Å²) in [5.74, 6) is 3.01. The number of hydrogen-bond acceptors (Lipinski definition) is 10. The molecule has 4 N–H and O–H groups in total. The molecule has 1 atom stereocenters. The topological polar surface area (TPSA) is 132 Å². The molecule has 210 valence electrons. The van der Waals surface area contributed by atoms with Gasteiger partial charge in [-0.2, -0.15) is 0 Å². The number of anilines is 1. The van der Waals surface area contributed by atoms with Crippen molar-refractivity contribution in [2.24, 2.45) is 0 Å². The van der Waals surface area contributed by atoms with Gasteiger partial charge in [0.2, 0.25) is 0 Å². The van der Waals surface area contributed by atoms with E-state index in [1.165, 1.54) is 0 Å². The highest BCUT2D eigenvalue weighted by molar-refractivity contribution is 6.42. The van der Waals surface area contributed by atoms with Crippen LogP contribution < -0.4 is 20.3 Å². The molecule has 0 unspecified atom stereocenters. The van der Waals surface area contributed by atoms with Gasteiger partial charge in [-0.15, -0.1) is 0 Å². The van der Waals surface area contributed by atoms with Crippen LogP contribution in [0.25, 0.3) is 17.1 Å². The molecule has 10 nitrogen and oxygen atoms in total. The van der Waals surface area contributed by atoms with Crippen LogP contribution in [0.4, 0.5) is 5.82 Å². The third-order valence-corrected chi connectivity index (χ3v) is 7.58. The number of aliphatic hydroxyl groups is 1. The van der Waals surface area contributed by atoms with Crippen molar-refractivity contribution < 1.29 is 9.84 Å². The normalized spacial score (nSPS) is 15.9. The Kier molecular flexibility index (Phi) is 8.51. The van der Waals surface area contributed by atoms with Crippen molar-refractivity contribution in [2.75, 3.05) is 32.1 Å². The zero-order valence-electron chi connectivity index (χ0n) is 22.6. The first-order chi connectivity index (χ1) is 19.3. The Labute approximate surface area is 243 Å². The van der Waals surface area contributed by atoms with Crippen LogP contribution in [0, 0.1) is 12.3 Å². The second kappa shape index (κ2) is 12.1. The minimum Gasteiger partial charge on any atom is -0.491 e. The number of allylic oxidation sites excluding steroid dienone is 1. The molecule has 0 radical (unpaired) electrons. The molecule has 3 aromatic rings. The molecular weight excluding hydrogens is 551 g/mol. The van der Waals surface area contributed by atoms with Gasteiger partial charge in [0.1, 0.15) is 30.1 Å². The molecule has 1 aliphatic carbocycles. The van der Waals surface area contributed by atoms with Gasteiger partial charge in [-0.1, -0.05) is 23.2 Å². The lowest BCUT2D eigenvalue weighted by Gasteiger charge is -2.22. The van der Waals surface area contributed by atoms with Crippen LogP contribution >= 0.6 is 23.2 Å². The molecule has 0 saturated heterocycles. The molecule has 0 bridgehead atoms. The van der Waals surface area contributed by atoms with Gasteiger partial charge in [0.25, 0.3) is 0 Å². The van der Waals surface area contributed by atoms with E-state index < -0.39 is 6.10 Å². The fourth-order valence-electron chi connectivity index (χ4n) is 4.71. The van der Waals surface area contributed by atoms with E-state index in [1.54, 1.807) is 32.3 Å². The van der Waals surface area contributed by atoms with Gasteiger partial charge in [-0.25, -0.2) is 19.9 Å². The summed E-state index contributed by atoms with van der Waals surface area (Å²) in [5.41, 5.74) is 4.51. The third-order valence-electron chi connectivity index (χ3n) is 6.95. The summed E-state index contributed by atoms with van der Waals surface area (Å²) in [5, 5.41) is 24.5. The van der Waals surface area contributed by atoms with Gasteiger partial charge in [0.15, 0.2) is 5.82 Å². The number of ether oxygens (including phenoxy) is 1. The van der Waals surface area contributed by atoms with Gasteiger partial charge < -0.3 is 30.8 Å². The average Bonchev–Trinajstić information content (AvgIpc) is 3.72. The Balaban J connectivity index is 1.57. The maximum absolute atomic E-state index is 10.1. The summed E-state index contributed by atoms with van der Waals surface area (Å²) in [6.07, 6.45) is 4.63. The van der Waals surface area contributed by atoms with Gasteiger partial charge in [-0.3, -0.25) is 0 Å². The quantitative estimate of drug-likeness (QED) is 0.247. The molecular formula is C28H32Cl2N8O2. The van der Waals surface area contributed by atoms with Crippen LogP contribution in [0.15, 0.2) is 29.4 Å². The number of nitrogens with zero attached hydrogens (tertiary/aromatic N) is 5. The van der Waals surface area contributed by atoms with E-state index in [0.717, 1.165) is 41.7 Å². The minimum absolute atomic E-state index is 0.116. The summed E-state index contributed by atoms with van der Waals surface area (Å²) in [7, 11) is 3.50. The van der Waals surface area contributed by atoms with Crippen molar-refractivity contribution in [2.45, 2.75) is 44.9 Å². The maximum Gasteiger partial charge on any atom is 0.163 e. The number of likely N-dealkylation sites (N-methyl/N-ethyl adjacent to an activating group) is 1. The number of nitrogens with one attached hydrogen (secondary N) is 3. The lowest BCUT2D eigenvalue weighted by molar-refractivity contribution is 0.108. The largest absolute Gasteiger partial charge is 0.491 e. The first kappa shape index (κ1) is 28.2. The van der Waals surface area contributed by atoms with Gasteiger partial charge >= 0.3 is 0 Å². The fraction of sp³-hybridized carbons (Fsp3) is 0.393. The molecule has 0 spiro atoms. The molecule has 1 saturated carbocycles. The molecule has 12 heteroatoms. The summed E-state index contributed by atoms with van der Waals surface area (Å²) in [4.78, 5) is 21.5. The van der Waals surface area contributed by atoms with Crippen LogP contribution in [0.1, 0.15) is 47.1 Å². The first-order valence-electron chi connectivity index (χ1n) is 13.1. The van der Waals surface area contributed by atoms with Crippen LogP contribution in [0.5, 0.6) is 5.75 Å². The van der Waals surface area contributed by atoms with E-state index in [2.05, 4.69) is 20.5 Å². The molecule has 1 aromatic carbocycles. The van der Waals surface area contributed by atoms with E-state index in [1.807, 2.05) is 13.1 Å². The molecule has 2 aromatic heterocycles. The molecule has 5 rings (SSSR count). The average molecular weight is 584 g/mol. The summed E-state index contributed by atoms with van der Waals surface area (Å²) in [6, 6.07) is 5.23. The first-order valence-corrected chi connectivity index (χ1v) is 13.9. The Morgan fingerprint density at radius 1 is 1.25 bits per heavy atom. The highest BCUT2D eigenvalue weighted by atomic mass is 35.5. The van der Waals surface area contributed by atoms with Crippen molar-refractivity contribution in [1.82, 2.24) is 30.6 Å². The molecule has 40 heavy (non-hydrogen) atoms. The van der Waals surface area contributed by atoms with Crippen molar-refractivity contribution in [1.29, 1.82) is 5.41 Å².